The topological polar surface area (TPSA) is 29.3 Å². The third-order valence-electron chi connectivity index (χ3n) is 2.47. The van der Waals surface area contributed by atoms with Crippen LogP contribution < -0.4 is 0 Å². The van der Waals surface area contributed by atoms with E-state index in [1.54, 1.807) is 6.26 Å². The highest BCUT2D eigenvalue weighted by atomic mass is 16.5. The van der Waals surface area contributed by atoms with E-state index < -0.39 is 0 Å². The predicted octanol–water partition coefficient (Wildman–Crippen LogP) is 2.47. The summed E-state index contributed by atoms with van der Waals surface area (Å²) in [7, 11) is 0. The summed E-state index contributed by atoms with van der Waals surface area (Å²) in [5.74, 6) is 0. The first-order valence-corrected chi connectivity index (χ1v) is 5.43. The monoisotopic (exact) mass is 196 g/mol. The Morgan fingerprint density at radius 1 is 1.43 bits per heavy atom. The lowest BCUT2D eigenvalue weighted by molar-refractivity contribution is 0.203. The lowest BCUT2D eigenvalue weighted by atomic mass is 10.1. The van der Waals surface area contributed by atoms with Gasteiger partial charge >= 0.3 is 0 Å². The smallest absolute Gasteiger partial charge is 0.128 e. The second-order valence-electron chi connectivity index (χ2n) is 3.60. The molecule has 0 aliphatic carbocycles. The van der Waals surface area contributed by atoms with Crippen LogP contribution in [0.5, 0.6) is 0 Å². The van der Waals surface area contributed by atoms with Gasteiger partial charge in [0.1, 0.15) is 6.26 Å². The summed E-state index contributed by atoms with van der Waals surface area (Å²) in [5, 5.41) is 3.95. The zero-order valence-electron chi connectivity index (χ0n) is 9.58. The van der Waals surface area contributed by atoms with Gasteiger partial charge in [-0.3, -0.25) is 4.90 Å². The maximum Gasteiger partial charge on any atom is 0.128 e. The van der Waals surface area contributed by atoms with E-state index in [2.05, 4.69) is 23.9 Å². The number of nitrogens with zero attached hydrogens (tertiary/aromatic N) is 2. The van der Waals surface area contributed by atoms with Crippen molar-refractivity contribution in [2.45, 2.75) is 46.7 Å². The minimum absolute atomic E-state index is 0.619. The van der Waals surface area contributed by atoms with Crippen LogP contribution in [0.25, 0.3) is 0 Å². The van der Waals surface area contributed by atoms with E-state index >= 15 is 0 Å². The molecular formula is C11H20N2O. The molecule has 0 unspecified atom stereocenters. The molecule has 1 aromatic heterocycles. The highest BCUT2D eigenvalue weighted by Crippen LogP contribution is 2.18. The average molecular weight is 196 g/mol. The summed E-state index contributed by atoms with van der Waals surface area (Å²) in [6.45, 7) is 10.5. The van der Waals surface area contributed by atoms with Crippen molar-refractivity contribution in [3.8, 4) is 0 Å². The molecule has 0 aromatic carbocycles. The van der Waals surface area contributed by atoms with Crippen molar-refractivity contribution in [3.63, 3.8) is 0 Å². The van der Waals surface area contributed by atoms with Crippen molar-refractivity contribution in [3.05, 3.63) is 17.5 Å². The minimum Gasteiger partial charge on any atom is -0.364 e. The van der Waals surface area contributed by atoms with Gasteiger partial charge in [0.15, 0.2) is 0 Å². The summed E-state index contributed by atoms with van der Waals surface area (Å²) in [4.78, 5) is 2.43. The fraction of sp³-hybridized carbons (Fsp3) is 0.727. The van der Waals surface area contributed by atoms with Crippen LogP contribution in [0.1, 0.15) is 39.0 Å². The second kappa shape index (κ2) is 5.15. The normalized spacial score (nSPS) is 16.1. The average Bonchev–Trinajstić information content (AvgIpc) is 2.67. The summed E-state index contributed by atoms with van der Waals surface area (Å²) < 4.78 is 4.92. The van der Waals surface area contributed by atoms with Crippen LogP contribution in [0.2, 0.25) is 0 Å². The molecule has 0 bridgehead atoms. The van der Waals surface area contributed by atoms with Crippen LogP contribution >= 0.6 is 0 Å². The molecule has 1 aromatic rings. The van der Waals surface area contributed by atoms with Crippen LogP contribution in [-0.2, 0) is 13.0 Å². The summed E-state index contributed by atoms with van der Waals surface area (Å²) in [5.41, 5.74) is 2.40. The number of hydrogen-bond donors (Lipinski definition) is 0. The molecule has 3 nitrogen and oxygen atoms in total. The van der Waals surface area contributed by atoms with Gasteiger partial charge in [0.2, 0.25) is 0 Å². The minimum atomic E-state index is 0.619. The van der Waals surface area contributed by atoms with Crippen molar-refractivity contribution in [2.24, 2.45) is 0 Å². The SMILES string of the molecule is CC.CC(C)N1CCc2nocc2C1. The Hall–Kier alpha value is -0.830. The van der Waals surface area contributed by atoms with Crippen LogP contribution in [0.3, 0.4) is 0 Å². The van der Waals surface area contributed by atoms with Crippen LogP contribution in [0.4, 0.5) is 0 Å². The molecule has 2 heterocycles. The zero-order valence-corrected chi connectivity index (χ0v) is 9.58. The number of fused-ring (bicyclic) bond motifs is 1. The molecule has 0 N–H and O–H groups in total. The van der Waals surface area contributed by atoms with E-state index in [1.807, 2.05) is 13.8 Å². The van der Waals surface area contributed by atoms with Crippen LogP contribution in [-0.4, -0.2) is 22.6 Å². The van der Waals surface area contributed by atoms with Crippen molar-refractivity contribution in [1.82, 2.24) is 10.1 Å². The van der Waals surface area contributed by atoms with E-state index in [4.69, 9.17) is 4.52 Å². The van der Waals surface area contributed by atoms with Crippen LogP contribution in [0.15, 0.2) is 10.8 Å². The Morgan fingerprint density at radius 2 is 2.14 bits per heavy atom. The van der Waals surface area contributed by atoms with E-state index in [0.29, 0.717) is 6.04 Å². The Balaban J connectivity index is 0.000000461. The molecule has 0 saturated heterocycles. The molecule has 0 atom stereocenters. The molecule has 0 spiro atoms. The van der Waals surface area contributed by atoms with E-state index in [0.717, 1.165) is 25.2 Å². The van der Waals surface area contributed by atoms with Gasteiger partial charge in [0.25, 0.3) is 0 Å². The van der Waals surface area contributed by atoms with Gasteiger partial charge in [0.05, 0.1) is 5.69 Å². The quantitative estimate of drug-likeness (QED) is 0.691. The van der Waals surface area contributed by atoms with E-state index in [1.165, 1.54) is 5.56 Å². The molecule has 0 fully saturated rings. The van der Waals surface area contributed by atoms with Gasteiger partial charge in [-0.25, -0.2) is 0 Å². The van der Waals surface area contributed by atoms with Crippen molar-refractivity contribution in [1.29, 1.82) is 0 Å². The first kappa shape index (κ1) is 11.2. The van der Waals surface area contributed by atoms with Gasteiger partial charge in [-0.15, -0.1) is 0 Å². The lowest BCUT2D eigenvalue weighted by Gasteiger charge is -2.28. The molecule has 3 heteroatoms. The molecule has 1 aliphatic rings. The molecule has 14 heavy (non-hydrogen) atoms. The van der Waals surface area contributed by atoms with Gasteiger partial charge < -0.3 is 4.52 Å². The van der Waals surface area contributed by atoms with Crippen LogP contribution in [0, 0.1) is 0 Å². The van der Waals surface area contributed by atoms with Gasteiger partial charge in [-0.2, -0.15) is 0 Å². The van der Waals surface area contributed by atoms with Gasteiger partial charge in [-0.05, 0) is 13.8 Å². The standard InChI is InChI=1S/C9H14N2O.C2H6/c1-7(2)11-4-3-9-8(5-11)6-12-10-9;1-2/h6-7H,3-5H2,1-2H3;1-2H3. The highest BCUT2D eigenvalue weighted by Gasteiger charge is 2.20. The number of rotatable bonds is 1. The largest absolute Gasteiger partial charge is 0.364 e. The molecule has 0 saturated carbocycles. The lowest BCUT2D eigenvalue weighted by Crippen LogP contribution is -2.35. The third kappa shape index (κ3) is 2.35. The van der Waals surface area contributed by atoms with Crippen molar-refractivity contribution < 1.29 is 4.52 Å². The maximum atomic E-state index is 4.92. The summed E-state index contributed by atoms with van der Waals surface area (Å²) in [6.07, 6.45) is 2.80. The Kier molecular flexibility index (Phi) is 4.14. The molecule has 80 valence electrons. The maximum absolute atomic E-state index is 4.92. The number of hydrogen-bond acceptors (Lipinski definition) is 3. The first-order chi connectivity index (χ1) is 6.77. The molecule has 0 amide bonds. The van der Waals surface area contributed by atoms with Gasteiger partial charge in [0, 0.05) is 31.1 Å². The predicted molar refractivity (Wildman–Crippen MR) is 57.1 cm³/mol. The van der Waals surface area contributed by atoms with Crippen molar-refractivity contribution >= 4 is 0 Å². The Morgan fingerprint density at radius 3 is 2.79 bits per heavy atom. The molecule has 1 aliphatic heterocycles. The van der Waals surface area contributed by atoms with Gasteiger partial charge in [-0.1, -0.05) is 19.0 Å². The zero-order chi connectivity index (χ0) is 10.6. The first-order valence-electron chi connectivity index (χ1n) is 5.43. The summed E-state index contributed by atoms with van der Waals surface area (Å²) >= 11 is 0. The second-order valence-corrected chi connectivity index (χ2v) is 3.60. The number of aromatic nitrogens is 1. The summed E-state index contributed by atoms with van der Waals surface area (Å²) in [6, 6.07) is 0.619. The van der Waals surface area contributed by atoms with E-state index in [9.17, 15) is 0 Å². The third-order valence-corrected chi connectivity index (χ3v) is 2.47. The van der Waals surface area contributed by atoms with Crippen molar-refractivity contribution in [2.75, 3.05) is 6.54 Å². The molecule has 2 rings (SSSR count). The highest BCUT2D eigenvalue weighted by molar-refractivity contribution is 5.17. The fourth-order valence-electron chi connectivity index (χ4n) is 1.60. The molecule has 0 radical (unpaired) electrons. The Bertz CT molecular complexity index is 268. The Labute approximate surface area is 86.1 Å². The van der Waals surface area contributed by atoms with E-state index in [-0.39, 0.29) is 0 Å². The fourth-order valence-corrected chi connectivity index (χ4v) is 1.60. The molecular weight excluding hydrogens is 176 g/mol.